The van der Waals surface area contributed by atoms with Crippen molar-refractivity contribution in [2.24, 2.45) is 11.8 Å². The van der Waals surface area contributed by atoms with Gasteiger partial charge in [0.25, 0.3) is 0 Å². The monoisotopic (exact) mass is 284 g/mol. The van der Waals surface area contributed by atoms with Crippen LogP contribution in [0.1, 0.15) is 26.7 Å². The third kappa shape index (κ3) is 3.71. The van der Waals surface area contributed by atoms with Gasteiger partial charge in [0, 0.05) is 18.6 Å². The average Bonchev–Trinajstić information content (AvgIpc) is 2.87. The summed E-state index contributed by atoms with van der Waals surface area (Å²) in [6, 6.07) is 0.529. The van der Waals surface area contributed by atoms with Crippen molar-refractivity contribution in [2.45, 2.75) is 38.8 Å². The van der Waals surface area contributed by atoms with Crippen LogP contribution in [0.4, 0.5) is 0 Å². The lowest BCUT2D eigenvalue weighted by Crippen LogP contribution is -2.50. The van der Waals surface area contributed by atoms with Crippen LogP contribution in [0.3, 0.4) is 0 Å². The van der Waals surface area contributed by atoms with Crippen LogP contribution in [-0.4, -0.2) is 72.9 Å². The Morgan fingerprint density at radius 2 is 2.00 bits per heavy atom. The number of nitrogens with zero attached hydrogens (tertiary/aromatic N) is 2. The van der Waals surface area contributed by atoms with Gasteiger partial charge in [-0.1, -0.05) is 13.8 Å². The van der Waals surface area contributed by atoms with Gasteiger partial charge in [-0.15, -0.1) is 0 Å². The molecule has 2 heterocycles. The van der Waals surface area contributed by atoms with Gasteiger partial charge in [0.2, 0.25) is 0 Å². The van der Waals surface area contributed by atoms with Crippen LogP contribution in [0.15, 0.2) is 0 Å². The Kier molecular flexibility index (Phi) is 5.41. The number of piperidine rings is 1. The molecule has 2 aliphatic rings. The van der Waals surface area contributed by atoms with Gasteiger partial charge in [-0.05, 0) is 38.9 Å². The Morgan fingerprint density at radius 3 is 2.55 bits per heavy atom. The molecule has 0 aliphatic carbocycles. The lowest BCUT2D eigenvalue weighted by Gasteiger charge is -2.40. The van der Waals surface area contributed by atoms with Gasteiger partial charge < -0.3 is 14.7 Å². The number of hydrogen-bond donors (Lipinski definition) is 1. The quantitative estimate of drug-likeness (QED) is 0.820. The van der Waals surface area contributed by atoms with Crippen LogP contribution >= 0.6 is 0 Å². The van der Waals surface area contributed by atoms with Crippen molar-refractivity contribution in [3.63, 3.8) is 0 Å². The first-order valence-electron chi connectivity index (χ1n) is 7.74. The molecule has 0 radical (unpaired) electrons. The Labute approximate surface area is 121 Å². The SMILES string of the molecule is CC(C)CN1CCC(N(C)C2COCC2C(=O)O)CC1. The van der Waals surface area contributed by atoms with Crippen molar-refractivity contribution >= 4 is 5.97 Å². The van der Waals surface area contributed by atoms with Crippen molar-refractivity contribution in [3.8, 4) is 0 Å². The molecule has 1 N–H and O–H groups in total. The maximum absolute atomic E-state index is 11.3. The molecule has 5 heteroatoms. The molecule has 0 amide bonds. The van der Waals surface area contributed by atoms with E-state index >= 15 is 0 Å². The predicted octanol–water partition coefficient (Wildman–Crippen LogP) is 1.14. The summed E-state index contributed by atoms with van der Waals surface area (Å²) < 4.78 is 5.38. The smallest absolute Gasteiger partial charge is 0.310 e. The molecule has 5 nitrogen and oxygen atoms in total. The fourth-order valence-electron chi connectivity index (χ4n) is 3.48. The van der Waals surface area contributed by atoms with E-state index in [1.165, 1.54) is 6.54 Å². The zero-order chi connectivity index (χ0) is 14.7. The lowest BCUT2D eigenvalue weighted by molar-refractivity contribution is -0.143. The largest absolute Gasteiger partial charge is 0.481 e. The Hall–Kier alpha value is -0.650. The topological polar surface area (TPSA) is 53.0 Å². The van der Waals surface area contributed by atoms with Crippen LogP contribution in [0.5, 0.6) is 0 Å². The van der Waals surface area contributed by atoms with Gasteiger partial charge in [-0.25, -0.2) is 0 Å². The highest BCUT2D eigenvalue weighted by Gasteiger charge is 2.39. The summed E-state index contributed by atoms with van der Waals surface area (Å²) in [6.07, 6.45) is 2.26. The summed E-state index contributed by atoms with van der Waals surface area (Å²) in [5, 5.41) is 9.26. The highest BCUT2D eigenvalue weighted by atomic mass is 16.5. The number of rotatable bonds is 5. The van der Waals surface area contributed by atoms with E-state index in [1.54, 1.807) is 0 Å². The van der Waals surface area contributed by atoms with Crippen molar-refractivity contribution in [1.82, 2.24) is 9.80 Å². The van der Waals surface area contributed by atoms with Gasteiger partial charge in [-0.2, -0.15) is 0 Å². The van der Waals surface area contributed by atoms with Gasteiger partial charge in [0.05, 0.1) is 19.1 Å². The van der Waals surface area contributed by atoms with E-state index in [0.717, 1.165) is 25.9 Å². The fraction of sp³-hybridized carbons (Fsp3) is 0.933. The van der Waals surface area contributed by atoms with E-state index in [1.807, 2.05) is 0 Å². The Morgan fingerprint density at radius 1 is 1.35 bits per heavy atom. The molecule has 0 aromatic heterocycles. The Bertz CT molecular complexity index is 327. The Balaban J connectivity index is 1.85. The average molecular weight is 284 g/mol. The number of carboxylic acids is 1. The van der Waals surface area contributed by atoms with Crippen molar-refractivity contribution in [3.05, 3.63) is 0 Å². The van der Waals surface area contributed by atoms with E-state index in [0.29, 0.717) is 25.2 Å². The summed E-state index contributed by atoms with van der Waals surface area (Å²) in [7, 11) is 2.07. The number of likely N-dealkylation sites (N-methyl/N-ethyl adjacent to an activating group) is 1. The number of ether oxygens (including phenoxy) is 1. The number of carboxylic acid groups (broad SMARTS) is 1. The van der Waals surface area contributed by atoms with E-state index in [9.17, 15) is 9.90 Å². The zero-order valence-corrected chi connectivity index (χ0v) is 12.9. The summed E-state index contributed by atoms with van der Waals surface area (Å²) in [6.45, 7) is 8.84. The summed E-state index contributed by atoms with van der Waals surface area (Å²) in [5.74, 6) is -0.380. The molecule has 0 bridgehead atoms. The van der Waals surface area contributed by atoms with Crippen LogP contribution in [0.2, 0.25) is 0 Å². The number of hydrogen-bond acceptors (Lipinski definition) is 4. The van der Waals surface area contributed by atoms with Crippen LogP contribution in [0.25, 0.3) is 0 Å². The minimum absolute atomic E-state index is 0.0362. The van der Waals surface area contributed by atoms with E-state index in [4.69, 9.17) is 4.74 Å². The fourth-order valence-corrected chi connectivity index (χ4v) is 3.48. The number of likely N-dealkylation sites (tertiary alicyclic amines) is 1. The maximum Gasteiger partial charge on any atom is 0.310 e. The third-order valence-electron chi connectivity index (χ3n) is 4.65. The van der Waals surface area contributed by atoms with Crippen molar-refractivity contribution in [2.75, 3.05) is 39.9 Å². The third-order valence-corrected chi connectivity index (χ3v) is 4.65. The molecule has 2 aliphatic heterocycles. The summed E-state index contributed by atoms with van der Waals surface area (Å²) in [4.78, 5) is 16.0. The minimum atomic E-state index is -0.725. The number of aliphatic carboxylic acids is 1. The zero-order valence-electron chi connectivity index (χ0n) is 12.9. The molecule has 2 rings (SSSR count). The molecule has 2 unspecified atom stereocenters. The molecule has 20 heavy (non-hydrogen) atoms. The molecule has 2 saturated heterocycles. The van der Waals surface area contributed by atoms with Gasteiger partial charge in [-0.3, -0.25) is 9.69 Å². The first-order valence-corrected chi connectivity index (χ1v) is 7.74. The summed E-state index contributed by atoms with van der Waals surface area (Å²) in [5.41, 5.74) is 0. The molecule has 0 aromatic carbocycles. The van der Waals surface area contributed by atoms with Gasteiger partial charge in [0.1, 0.15) is 0 Å². The molecule has 0 saturated carbocycles. The molecular formula is C15H28N2O3. The lowest BCUT2D eigenvalue weighted by atomic mass is 9.96. The molecule has 2 atom stereocenters. The van der Waals surface area contributed by atoms with Gasteiger partial charge in [0.15, 0.2) is 0 Å². The molecule has 2 fully saturated rings. The summed E-state index contributed by atoms with van der Waals surface area (Å²) >= 11 is 0. The van der Waals surface area contributed by atoms with Crippen molar-refractivity contribution in [1.29, 1.82) is 0 Å². The molecular weight excluding hydrogens is 256 g/mol. The van der Waals surface area contributed by atoms with Crippen LogP contribution < -0.4 is 0 Å². The van der Waals surface area contributed by atoms with Crippen LogP contribution in [0, 0.1) is 11.8 Å². The van der Waals surface area contributed by atoms with E-state index < -0.39 is 5.97 Å². The minimum Gasteiger partial charge on any atom is -0.481 e. The van der Waals surface area contributed by atoms with Crippen molar-refractivity contribution < 1.29 is 14.6 Å². The van der Waals surface area contributed by atoms with Crippen LogP contribution in [-0.2, 0) is 9.53 Å². The second-order valence-electron chi connectivity index (χ2n) is 6.64. The van der Waals surface area contributed by atoms with Gasteiger partial charge >= 0.3 is 5.97 Å². The second-order valence-corrected chi connectivity index (χ2v) is 6.64. The first kappa shape index (κ1) is 15.7. The first-order chi connectivity index (χ1) is 9.49. The normalized spacial score (nSPS) is 29.4. The highest BCUT2D eigenvalue weighted by Crippen LogP contribution is 2.25. The molecule has 0 spiro atoms. The van der Waals surface area contributed by atoms with E-state index in [-0.39, 0.29) is 12.0 Å². The van der Waals surface area contributed by atoms with E-state index in [2.05, 4.69) is 30.7 Å². The molecule has 116 valence electrons. The standard InChI is InChI=1S/C15H28N2O3/c1-11(2)8-17-6-4-12(5-7-17)16(3)14-10-20-9-13(14)15(18)19/h11-14H,4-10H2,1-3H3,(H,18,19). The maximum atomic E-state index is 11.3. The predicted molar refractivity (Wildman–Crippen MR) is 77.8 cm³/mol. The second kappa shape index (κ2) is 6.87. The highest BCUT2D eigenvalue weighted by molar-refractivity contribution is 5.71. The number of carbonyl (C=O) groups is 1. The molecule has 0 aromatic rings.